The normalized spacial score (nSPS) is 26.8. The molecule has 1 heterocycles. The van der Waals surface area contributed by atoms with E-state index in [1.807, 2.05) is 6.08 Å². The van der Waals surface area contributed by atoms with E-state index in [0.717, 1.165) is 17.3 Å². The van der Waals surface area contributed by atoms with E-state index in [0.29, 0.717) is 13.0 Å². The highest BCUT2D eigenvalue weighted by Gasteiger charge is 2.00. The summed E-state index contributed by atoms with van der Waals surface area (Å²) < 4.78 is 5.96. The standard InChI is InChI=1S/C9H11BrO2/c10-8-4-1-2-7-12-9(11)6-3-5-8/h3-5H,1-2,6-7H2/b5-3-,8-4+. The Morgan fingerprint density at radius 3 is 3.17 bits per heavy atom. The van der Waals surface area contributed by atoms with Crippen LogP contribution in [0.2, 0.25) is 0 Å². The molecule has 0 saturated heterocycles. The molecule has 0 amide bonds. The third-order valence-electron chi connectivity index (χ3n) is 1.51. The van der Waals surface area contributed by atoms with E-state index >= 15 is 0 Å². The number of allylic oxidation sites excluding steroid dienone is 3. The van der Waals surface area contributed by atoms with Gasteiger partial charge >= 0.3 is 5.97 Å². The van der Waals surface area contributed by atoms with Crippen molar-refractivity contribution in [2.75, 3.05) is 6.61 Å². The number of halogens is 1. The first-order valence-electron chi connectivity index (χ1n) is 3.97. The molecule has 1 aliphatic heterocycles. The topological polar surface area (TPSA) is 26.3 Å². The van der Waals surface area contributed by atoms with Gasteiger partial charge in [0.25, 0.3) is 0 Å². The average molecular weight is 231 g/mol. The van der Waals surface area contributed by atoms with E-state index in [2.05, 4.69) is 22.0 Å². The van der Waals surface area contributed by atoms with Gasteiger partial charge in [0, 0.05) is 4.48 Å². The zero-order valence-electron chi connectivity index (χ0n) is 6.75. The molecular weight excluding hydrogens is 220 g/mol. The van der Waals surface area contributed by atoms with Gasteiger partial charge in [-0.05, 0) is 12.8 Å². The molecule has 0 aromatic rings. The minimum atomic E-state index is -0.145. The summed E-state index contributed by atoms with van der Waals surface area (Å²) in [6, 6.07) is 0. The molecule has 0 N–H and O–H groups in total. The van der Waals surface area contributed by atoms with Crippen LogP contribution in [-0.4, -0.2) is 12.6 Å². The first-order chi connectivity index (χ1) is 5.79. The van der Waals surface area contributed by atoms with Gasteiger partial charge in [0.1, 0.15) is 0 Å². The van der Waals surface area contributed by atoms with Crippen molar-refractivity contribution in [2.45, 2.75) is 19.3 Å². The Balaban J connectivity index is 2.54. The Morgan fingerprint density at radius 1 is 1.50 bits per heavy atom. The fraction of sp³-hybridized carbons (Fsp3) is 0.444. The minimum Gasteiger partial charge on any atom is -0.465 e. The molecule has 0 aromatic carbocycles. The van der Waals surface area contributed by atoms with Crippen molar-refractivity contribution in [1.29, 1.82) is 0 Å². The van der Waals surface area contributed by atoms with Crippen LogP contribution in [0.15, 0.2) is 22.7 Å². The summed E-state index contributed by atoms with van der Waals surface area (Å²) in [4.78, 5) is 10.9. The number of carbonyl (C=O) groups is 1. The molecule has 0 spiro atoms. The molecule has 12 heavy (non-hydrogen) atoms. The van der Waals surface area contributed by atoms with Gasteiger partial charge in [0.2, 0.25) is 0 Å². The monoisotopic (exact) mass is 230 g/mol. The smallest absolute Gasteiger partial charge is 0.309 e. The molecule has 1 rings (SSSR count). The quantitative estimate of drug-likeness (QED) is 0.599. The van der Waals surface area contributed by atoms with E-state index in [-0.39, 0.29) is 5.97 Å². The number of cyclic esters (lactones) is 1. The molecule has 0 atom stereocenters. The molecule has 2 nitrogen and oxygen atoms in total. The molecule has 0 aliphatic carbocycles. The summed E-state index contributed by atoms with van der Waals surface area (Å²) in [5, 5.41) is 0. The van der Waals surface area contributed by atoms with Crippen LogP contribution in [0.5, 0.6) is 0 Å². The average Bonchev–Trinajstić information content (AvgIpc) is 2.04. The molecular formula is C9H11BrO2. The van der Waals surface area contributed by atoms with Crippen molar-refractivity contribution >= 4 is 21.9 Å². The molecule has 0 saturated carbocycles. The van der Waals surface area contributed by atoms with Gasteiger partial charge in [-0.15, -0.1) is 0 Å². The highest BCUT2D eigenvalue weighted by Crippen LogP contribution is 2.11. The number of ether oxygens (including phenoxy) is 1. The Hall–Kier alpha value is -0.570. The van der Waals surface area contributed by atoms with E-state index in [4.69, 9.17) is 4.74 Å². The van der Waals surface area contributed by atoms with E-state index in [1.54, 1.807) is 6.08 Å². The molecule has 0 radical (unpaired) electrons. The maximum atomic E-state index is 10.9. The molecule has 1 aliphatic rings. The van der Waals surface area contributed by atoms with Gasteiger partial charge in [-0.1, -0.05) is 34.2 Å². The van der Waals surface area contributed by atoms with Crippen molar-refractivity contribution < 1.29 is 9.53 Å². The lowest BCUT2D eigenvalue weighted by Gasteiger charge is -2.03. The highest BCUT2D eigenvalue weighted by molar-refractivity contribution is 9.11. The van der Waals surface area contributed by atoms with Crippen molar-refractivity contribution in [3.63, 3.8) is 0 Å². The fourth-order valence-corrected chi connectivity index (χ4v) is 1.32. The van der Waals surface area contributed by atoms with Gasteiger partial charge < -0.3 is 4.74 Å². The molecule has 0 aromatic heterocycles. The maximum absolute atomic E-state index is 10.9. The van der Waals surface area contributed by atoms with E-state index in [9.17, 15) is 4.79 Å². The summed E-state index contributed by atoms with van der Waals surface area (Å²) >= 11 is 3.38. The van der Waals surface area contributed by atoms with Crippen LogP contribution in [0.4, 0.5) is 0 Å². The van der Waals surface area contributed by atoms with E-state index < -0.39 is 0 Å². The van der Waals surface area contributed by atoms with E-state index in [1.165, 1.54) is 0 Å². The lowest BCUT2D eigenvalue weighted by molar-refractivity contribution is -0.142. The highest BCUT2D eigenvalue weighted by atomic mass is 79.9. The van der Waals surface area contributed by atoms with Crippen molar-refractivity contribution in [2.24, 2.45) is 0 Å². The van der Waals surface area contributed by atoms with Gasteiger partial charge in [0.15, 0.2) is 0 Å². The maximum Gasteiger partial charge on any atom is 0.309 e. The lowest BCUT2D eigenvalue weighted by Crippen LogP contribution is -2.04. The number of carbonyl (C=O) groups excluding carboxylic acids is 1. The molecule has 66 valence electrons. The Kier molecular flexibility index (Phi) is 4.08. The zero-order chi connectivity index (χ0) is 8.81. The predicted molar refractivity (Wildman–Crippen MR) is 51.0 cm³/mol. The summed E-state index contributed by atoms with van der Waals surface area (Å²) in [6.45, 7) is 0.531. The fourth-order valence-electron chi connectivity index (χ4n) is 0.904. The van der Waals surface area contributed by atoms with Gasteiger partial charge in [0.05, 0.1) is 13.0 Å². The second kappa shape index (κ2) is 5.14. The van der Waals surface area contributed by atoms with Crippen LogP contribution >= 0.6 is 15.9 Å². The first-order valence-corrected chi connectivity index (χ1v) is 4.76. The van der Waals surface area contributed by atoms with Crippen LogP contribution < -0.4 is 0 Å². The van der Waals surface area contributed by atoms with Crippen LogP contribution in [0.1, 0.15) is 19.3 Å². The minimum absolute atomic E-state index is 0.145. The molecule has 0 fully saturated rings. The van der Waals surface area contributed by atoms with Crippen molar-refractivity contribution in [3.05, 3.63) is 22.7 Å². The summed E-state index contributed by atoms with van der Waals surface area (Å²) in [6.07, 6.45) is 7.96. The number of rotatable bonds is 0. The van der Waals surface area contributed by atoms with Gasteiger partial charge in [-0.25, -0.2) is 0 Å². The number of hydrogen-bond donors (Lipinski definition) is 0. The SMILES string of the molecule is O=C1C/C=C\C(Br)=C/CCCO1. The van der Waals surface area contributed by atoms with Gasteiger partial charge in [-0.2, -0.15) is 0 Å². The zero-order valence-corrected chi connectivity index (χ0v) is 8.34. The molecule has 3 heteroatoms. The summed E-state index contributed by atoms with van der Waals surface area (Å²) in [7, 11) is 0. The number of hydrogen-bond acceptors (Lipinski definition) is 2. The number of esters is 1. The first kappa shape index (κ1) is 9.52. The Bertz CT molecular complexity index is 219. The van der Waals surface area contributed by atoms with Gasteiger partial charge in [-0.3, -0.25) is 4.79 Å². The van der Waals surface area contributed by atoms with Crippen LogP contribution in [-0.2, 0) is 9.53 Å². The van der Waals surface area contributed by atoms with Crippen molar-refractivity contribution in [1.82, 2.24) is 0 Å². The second-order valence-electron chi connectivity index (χ2n) is 2.56. The summed E-state index contributed by atoms with van der Waals surface area (Å²) in [5.74, 6) is -0.145. The Morgan fingerprint density at radius 2 is 2.33 bits per heavy atom. The Labute approximate surface area is 80.4 Å². The van der Waals surface area contributed by atoms with Crippen molar-refractivity contribution in [3.8, 4) is 0 Å². The molecule has 0 unspecified atom stereocenters. The van der Waals surface area contributed by atoms with Crippen LogP contribution in [0.25, 0.3) is 0 Å². The van der Waals surface area contributed by atoms with Crippen LogP contribution in [0.3, 0.4) is 0 Å². The van der Waals surface area contributed by atoms with Crippen LogP contribution in [0, 0.1) is 0 Å². The predicted octanol–water partition coefficient (Wildman–Crippen LogP) is 2.55. The third kappa shape index (κ3) is 3.72. The lowest BCUT2D eigenvalue weighted by atomic mass is 10.2. The third-order valence-corrected chi connectivity index (χ3v) is 2.10. The molecule has 0 bridgehead atoms. The summed E-state index contributed by atoms with van der Waals surface area (Å²) in [5.41, 5.74) is 0. The second-order valence-corrected chi connectivity index (χ2v) is 3.47. The largest absolute Gasteiger partial charge is 0.465 e.